The fourth-order valence-electron chi connectivity index (χ4n) is 2.70. The van der Waals surface area contributed by atoms with Crippen LogP contribution in [0.3, 0.4) is 0 Å². The maximum atomic E-state index is 12.3. The van der Waals surface area contributed by atoms with Crippen molar-refractivity contribution >= 4 is 11.6 Å². The van der Waals surface area contributed by atoms with E-state index >= 15 is 0 Å². The lowest BCUT2D eigenvalue weighted by Gasteiger charge is -2.30. The van der Waals surface area contributed by atoms with Gasteiger partial charge in [-0.15, -0.1) is 0 Å². The molecule has 2 atom stereocenters. The molecular formula is C14H15NO2. The zero-order valence-electron chi connectivity index (χ0n) is 9.77. The van der Waals surface area contributed by atoms with Gasteiger partial charge in [0.2, 0.25) is 0 Å². The van der Waals surface area contributed by atoms with E-state index in [-0.39, 0.29) is 11.8 Å². The summed E-state index contributed by atoms with van der Waals surface area (Å²) in [5, 5.41) is 2.92. The number of benzene rings is 1. The lowest BCUT2D eigenvalue weighted by atomic mass is 9.83. The molecule has 2 aliphatic rings. The Hall–Kier alpha value is -1.61. The number of rotatable bonds is 0. The predicted molar refractivity (Wildman–Crippen MR) is 65.6 cm³/mol. The summed E-state index contributed by atoms with van der Waals surface area (Å²) >= 11 is 0. The molecule has 0 radical (unpaired) electrons. The van der Waals surface area contributed by atoms with Gasteiger partial charge in [0.25, 0.3) is 5.91 Å². The number of hydrogen-bond acceptors (Lipinski definition) is 2. The summed E-state index contributed by atoms with van der Waals surface area (Å²) in [5.74, 6) is 0.00593. The Morgan fingerprint density at radius 2 is 2.24 bits per heavy atom. The van der Waals surface area contributed by atoms with Crippen LogP contribution in [0.1, 0.15) is 18.9 Å². The second-order valence-electron chi connectivity index (χ2n) is 4.59. The SMILES string of the molecule is C[C@@H]1C=CCCO[C@]12C(=O)Nc1ccccc12. The first-order valence-corrected chi connectivity index (χ1v) is 5.97. The number of amides is 1. The monoisotopic (exact) mass is 229 g/mol. The fourth-order valence-corrected chi connectivity index (χ4v) is 2.70. The molecule has 0 saturated heterocycles. The first kappa shape index (κ1) is 10.5. The van der Waals surface area contributed by atoms with Crippen LogP contribution in [0, 0.1) is 5.92 Å². The average molecular weight is 229 g/mol. The Kier molecular flexibility index (Phi) is 2.30. The van der Waals surface area contributed by atoms with Crippen molar-refractivity contribution in [3.05, 3.63) is 42.0 Å². The van der Waals surface area contributed by atoms with E-state index in [1.54, 1.807) is 0 Å². The minimum Gasteiger partial charge on any atom is -0.359 e. The largest absolute Gasteiger partial charge is 0.359 e. The Labute approximate surface area is 100 Å². The molecule has 0 fully saturated rings. The van der Waals surface area contributed by atoms with Crippen molar-refractivity contribution < 1.29 is 9.53 Å². The van der Waals surface area contributed by atoms with E-state index < -0.39 is 5.60 Å². The molecule has 88 valence electrons. The van der Waals surface area contributed by atoms with Crippen LogP contribution in [0.2, 0.25) is 0 Å². The van der Waals surface area contributed by atoms with Crippen LogP contribution in [0.4, 0.5) is 5.69 Å². The molecule has 0 aliphatic carbocycles. The molecule has 1 aromatic rings. The number of carbonyl (C=O) groups excluding carboxylic acids is 1. The second-order valence-corrected chi connectivity index (χ2v) is 4.59. The maximum absolute atomic E-state index is 12.3. The Morgan fingerprint density at radius 1 is 1.41 bits per heavy atom. The van der Waals surface area contributed by atoms with E-state index in [2.05, 4.69) is 17.5 Å². The summed E-state index contributed by atoms with van der Waals surface area (Å²) < 4.78 is 5.93. The summed E-state index contributed by atoms with van der Waals surface area (Å²) in [6.07, 6.45) is 5.03. The van der Waals surface area contributed by atoms with Crippen molar-refractivity contribution in [2.75, 3.05) is 11.9 Å². The third kappa shape index (κ3) is 1.35. The first-order valence-electron chi connectivity index (χ1n) is 5.97. The van der Waals surface area contributed by atoms with Gasteiger partial charge in [0.15, 0.2) is 5.60 Å². The number of para-hydroxylation sites is 1. The van der Waals surface area contributed by atoms with Crippen molar-refractivity contribution in [3.8, 4) is 0 Å². The van der Waals surface area contributed by atoms with Gasteiger partial charge in [-0.25, -0.2) is 0 Å². The van der Waals surface area contributed by atoms with Crippen LogP contribution in [0.15, 0.2) is 36.4 Å². The molecule has 0 saturated carbocycles. The van der Waals surface area contributed by atoms with E-state index in [9.17, 15) is 4.79 Å². The predicted octanol–water partition coefficient (Wildman–Crippen LogP) is 2.45. The molecule has 1 spiro atoms. The molecule has 0 aromatic heterocycles. The molecule has 1 amide bonds. The Morgan fingerprint density at radius 3 is 3.12 bits per heavy atom. The first-order chi connectivity index (χ1) is 8.25. The highest BCUT2D eigenvalue weighted by Crippen LogP contribution is 2.45. The van der Waals surface area contributed by atoms with Gasteiger partial charge < -0.3 is 10.1 Å². The molecule has 2 aliphatic heterocycles. The summed E-state index contributed by atoms with van der Waals surface area (Å²) in [4.78, 5) is 12.3. The number of anilines is 1. The highest BCUT2D eigenvalue weighted by atomic mass is 16.5. The second kappa shape index (κ2) is 3.70. The number of carbonyl (C=O) groups is 1. The van der Waals surface area contributed by atoms with Crippen molar-refractivity contribution in [1.29, 1.82) is 0 Å². The number of nitrogens with one attached hydrogen (secondary N) is 1. The van der Waals surface area contributed by atoms with Gasteiger partial charge in [-0.2, -0.15) is 0 Å². The van der Waals surface area contributed by atoms with Crippen LogP contribution in [-0.2, 0) is 15.1 Å². The quantitative estimate of drug-likeness (QED) is 0.694. The average Bonchev–Trinajstić information content (AvgIpc) is 2.48. The van der Waals surface area contributed by atoms with Crippen LogP contribution in [0.5, 0.6) is 0 Å². The molecular weight excluding hydrogens is 214 g/mol. The van der Waals surface area contributed by atoms with Crippen LogP contribution < -0.4 is 5.32 Å². The molecule has 0 bridgehead atoms. The fraction of sp³-hybridized carbons (Fsp3) is 0.357. The highest BCUT2D eigenvalue weighted by molar-refractivity contribution is 6.05. The Balaban J connectivity index is 2.18. The van der Waals surface area contributed by atoms with Crippen LogP contribution in [0.25, 0.3) is 0 Å². The molecule has 3 nitrogen and oxygen atoms in total. The van der Waals surface area contributed by atoms with Crippen LogP contribution >= 0.6 is 0 Å². The van der Waals surface area contributed by atoms with E-state index in [1.807, 2.05) is 31.2 Å². The highest BCUT2D eigenvalue weighted by Gasteiger charge is 2.51. The molecule has 1 aromatic carbocycles. The molecule has 3 heteroatoms. The lowest BCUT2D eigenvalue weighted by molar-refractivity contribution is -0.145. The van der Waals surface area contributed by atoms with Gasteiger partial charge in [0.05, 0.1) is 6.61 Å². The summed E-state index contributed by atoms with van der Waals surface area (Å²) in [5.41, 5.74) is 1.01. The van der Waals surface area contributed by atoms with Crippen molar-refractivity contribution in [2.45, 2.75) is 18.9 Å². The topological polar surface area (TPSA) is 38.3 Å². The zero-order valence-corrected chi connectivity index (χ0v) is 9.77. The van der Waals surface area contributed by atoms with E-state index in [4.69, 9.17) is 4.74 Å². The van der Waals surface area contributed by atoms with Gasteiger partial charge in [0.1, 0.15) is 0 Å². The summed E-state index contributed by atoms with van der Waals surface area (Å²) in [6, 6.07) is 7.77. The Bertz CT molecular complexity index is 495. The zero-order chi connectivity index (χ0) is 11.9. The number of fused-ring (bicyclic) bond motifs is 2. The van der Waals surface area contributed by atoms with Crippen LogP contribution in [-0.4, -0.2) is 12.5 Å². The molecule has 1 N–H and O–H groups in total. The molecule has 0 unspecified atom stereocenters. The van der Waals surface area contributed by atoms with E-state index in [0.717, 1.165) is 17.7 Å². The number of hydrogen-bond donors (Lipinski definition) is 1. The van der Waals surface area contributed by atoms with E-state index in [0.29, 0.717) is 6.61 Å². The van der Waals surface area contributed by atoms with Crippen molar-refractivity contribution in [1.82, 2.24) is 0 Å². The standard InChI is InChI=1S/C14H15NO2/c1-10-6-4-5-9-17-14(10)11-7-2-3-8-12(11)15-13(14)16/h2-4,6-8,10H,5,9H2,1H3,(H,15,16)/t10-,14-/m1/s1. The summed E-state index contributed by atoms with van der Waals surface area (Å²) in [6.45, 7) is 2.62. The van der Waals surface area contributed by atoms with Gasteiger partial charge in [-0.05, 0) is 12.5 Å². The molecule has 2 heterocycles. The third-order valence-corrected chi connectivity index (χ3v) is 3.59. The van der Waals surface area contributed by atoms with Gasteiger partial charge in [-0.3, -0.25) is 4.79 Å². The van der Waals surface area contributed by atoms with Gasteiger partial charge in [0, 0.05) is 17.2 Å². The van der Waals surface area contributed by atoms with E-state index in [1.165, 1.54) is 0 Å². The smallest absolute Gasteiger partial charge is 0.261 e. The van der Waals surface area contributed by atoms with Gasteiger partial charge >= 0.3 is 0 Å². The third-order valence-electron chi connectivity index (χ3n) is 3.59. The minimum absolute atomic E-state index is 0.0437. The van der Waals surface area contributed by atoms with Crippen molar-refractivity contribution in [2.24, 2.45) is 5.92 Å². The van der Waals surface area contributed by atoms with Crippen molar-refractivity contribution in [3.63, 3.8) is 0 Å². The minimum atomic E-state index is -0.830. The summed E-state index contributed by atoms with van der Waals surface area (Å²) in [7, 11) is 0. The van der Waals surface area contributed by atoms with Gasteiger partial charge in [-0.1, -0.05) is 37.3 Å². The molecule has 3 rings (SSSR count). The lowest BCUT2D eigenvalue weighted by Crippen LogP contribution is -2.42. The normalized spacial score (nSPS) is 31.1. The molecule has 17 heavy (non-hydrogen) atoms. The maximum Gasteiger partial charge on any atom is 0.261 e. The number of ether oxygens (including phenoxy) is 1.